The highest BCUT2D eigenvalue weighted by atomic mass is 15.0. The van der Waals surface area contributed by atoms with Crippen LogP contribution in [0.15, 0.2) is 30.5 Å². The number of benzene rings is 1. The van der Waals surface area contributed by atoms with Gasteiger partial charge in [0.15, 0.2) is 0 Å². The molecule has 3 N–H and O–H groups in total. The molecule has 0 atom stereocenters. The topological polar surface area (TPSA) is 50.9 Å². The summed E-state index contributed by atoms with van der Waals surface area (Å²) in [6.45, 7) is 6.54. The predicted molar refractivity (Wildman–Crippen MR) is 74.1 cm³/mol. The number of nitrogens with two attached hydrogens (primary N) is 1. The van der Waals surface area contributed by atoms with Crippen molar-refractivity contribution in [2.24, 2.45) is 0 Å². The van der Waals surface area contributed by atoms with Gasteiger partial charge < -0.3 is 11.1 Å². The van der Waals surface area contributed by atoms with Crippen LogP contribution in [-0.2, 0) is 0 Å². The van der Waals surface area contributed by atoms with Crippen LogP contribution in [0.1, 0.15) is 27.2 Å². The first kappa shape index (κ1) is 11.7. The van der Waals surface area contributed by atoms with Crippen molar-refractivity contribution in [1.82, 2.24) is 4.98 Å². The zero-order valence-corrected chi connectivity index (χ0v) is 10.6. The fraction of sp³-hybridized carbons (Fsp3) is 0.357. The highest BCUT2D eigenvalue weighted by Gasteiger charge is 2.15. The van der Waals surface area contributed by atoms with E-state index in [9.17, 15) is 0 Å². The zero-order chi connectivity index (χ0) is 12.5. The van der Waals surface area contributed by atoms with Crippen molar-refractivity contribution < 1.29 is 0 Å². The first-order chi connectivity index (χ1) is 8.03. The molecular weight excluding hydrogens is 210 g/mol. The summed E-state index contributed by atoms with van der Waals surface area (Å²) >= 11 is 0. The van der Waals surface area contributed by atoms with E-state index < -0.39 is 0 Å². The maximum Gasteiger partial charge on any atom is 0.0951 e. The van der Waals surface area contributed by atoms with Crippen LogP contribution in [0.4, 0.5) is 11.4 Å². The van der Waals surface area contributed by atoms with Crippen LogP contribution in [0.25, 0.3) is 10.9 Å². The second-order valence-electron chi connectivity index (χ2n) is 4.96. The molecule has 0 radical (unpaired) electrons. The lowest BCUT2D eigenvalue weighted by Crippen LogP contribution is -2.29. The molecule has 0 saturated carbocycles. The molecule has 0 saturated heterocycles. The lowest BCUT2D eigenvalue weighted by atomic mass is 10.0. The first-order valence-corrected chi connectivity index (χ1v) is 5.95. The summed E-state index contributed by atoms with van der Waals surface area (Å²) < 4.78 is 0. The van der Waals surface area contributed by atoms with Crippen molar-refractivity contribution in [3.8, 4) is 0 Å². The average molecular weight is 229 g/mol. The van der Waals surface area contributed by atoms with Gasteiger partial charge in [0.05, 0.1) is 11.2 Å². The van der Waals surface area contributed by atoms with Gasteiger partial charge in [0.2, 0.25) is 0 Å². The van der Waals surface area contributed by atoms with E-state index in [0.717, 1.165) is 28.7 Å². The third kappa shape index (κ3) is 2.33. The summed E-state index contributed by atoms with van der Waals surface area (Å²) in [6.07, 6.45) is 2.85. The number of hydrogen-bond acceptors (Lipinski definition) is 3. The SMILES string of the molecule is CCC(C)(C)Nc1ccnc2c(N)cccc12. The van der Waals surface area contributed by atoms with Gasteiger partial charge in [-0.15, -0.1) is 0 Å². The van der Waals surface area contributed by atoms with Crippen LogP contribution in [0.2, 0.25) is 0 Å². The lowest BCUT2D eigenvalue weighted by Gasteiger charge is -2.26. The van der Waals surface area contributed by atoms with Gasteiger partial charge in [0.1, 0.15) is 0 Å². The average Bonchev–Trinajstić information content (AvgIpc) is 2.30. The molecule has 3 nitrogen and oxygen atoms in total. The van der Waals surface area contributed by atoms with E-state index >= 15 is 0 Å². The molecule has 0 aliphatic rings. The van der Waals surface area contributed by atoms with E-state index in [2.05, 4.69) is 31.1 Å². The Morgan fingerprint density at radius 3 is 2.76 bits per heavy atom. The van der Waals surface area contributed by atoms with Crippen LogP contribution in [0, 0.1) is 0 Å². The van der Waals surface area contributed by atoms with Gasteiger partial charge in [0.25, 0.3) is 0 Å². The number of nitrogens with one attached hydrogen (secondary N) is 1. The summed E-state index contributed by atoms with van der Waals surface area (Å²) in [6, 6.07) is 7.89. The van der Waals surface area contributed by atoms with E-state index in [1.54, 1.807) is 6.20 Å². The molecule has 2 rings (SSSR count). The van der Waals surface area contributed by atoms with Gasteiger partial charge in [-0.05, 0) is 32.4 Å². The van der Waals surface area contributed by atoms with Crippen LogP contribution >= 0.6 is 0 Å². The molecule has 0 aliphatic carbocycles. The van der Waals surface area contributed by atoms with Gasteiger partial charge in [-0.1, -0.05) is 19.1 Å². The summed E-state index contributed by atoms with van der Waals surface area (Å²) in [4.78, 5) is 4.33. The minimum Gasteiger partial charge on any atom is -0.397 e. The Morgan fingerprint density at radius 2 is 2.06 bits per heavy atom. The molecule has 0 fully saturated rings. The molecule has 1 aromatic heterocycles. The molecule has 0 amide bonds. The lowest BCUT2D eigenvalue weighted by molar-refractivity contribution is 0.548. The van der Waals surface area contributed by atoms with E-state index in [0.29, 0.717) is 0 Å². The van der Waals surface area contributed by atoms with Crippen molar-refractivity contribution in [1.29, 1.82) is 0 Å². The van der Waals surface area contributed by atoms with Crippen LogP contribution in [0.5, 0.6) is 0 Å². The normalized spacial score (nSPS) is 11.7. The molecule has 1 aromatic carbocycles. The Labute approximate surface area is 102 Å². The van der Waals surface area contributed by atoms with E-state index in [4.69, 9.17) is 5.73 Å². The van der Waals surface area contributed by atoms with Crippen molar-refractivity contribution in [3.05, 3.63) is 30.5 Å². The second-order valence-corrected chi connectivity index (χ2v) is 4.96. The van der Waals surface area contributed by atoms with E-state index in [1.165, 1.54) is 0 Å². The third-order valence-corrected chi connectivity index (χ3v) is 3.16. The number of anilines is 2. The third-order valence-electron chi connectivity index (χ3n) is 3.16. The minimum atomic E-state index is 0.0683. The Bertz CT molecular complexity index is 532. The standard InChI is InChI=1S/C14H19N3/c1-4-14(2,3)17-12-8-9-16-13-10(12)6-5-7-11(13)15/h5-9H,4,15H2,1-3H3,(H,16,17). The predicted octanol–water partition coefficient (Wildman–Crippen LogP) is 3.42. The second kappa shape index (κ2) is 4.24. The molecule has 0 aliphatic heterocycles. The Hall–Kier alpha value is -1.77. The fourth-order valence-corrected chi connectivity index (χ4v) is 1.76. The van der Waals surface area contributed by atoms with Crippen molar-refractivity contribution >= 4 is 22.3 Å². The highest BCUT2D eigenvalue weighted by molar-refractivity contribution is 5.97. The summed E-state index contributed by atoms with van der Waals surface area (Å²) in [5.74, 6) is 0. The highest BCUT2D eigenvalue weighted by Crippen LogP contribution is 2.28. The van der Waals surface area contributed by atoms with Gasteiger partial charge >= 0.3 is 0 Å². The maximum absolute atomic E-state index is 5.93. The number of fused-ring (bicyclic) bond motifs is 1. The number of hydrogen-bond donors (Lipinski definition) is 2. The molecule has 2 aromatic rings. The molecule has 0 unspecified atom stereocenters. The van der Waals surface area contributed by atoms with Gasteiger partial charge in [-0.3, -0.25) is 4.98 Å². The smallest absolute Gasteiger partial charge is 0.0951 e. The van der Waals surface area contributed by atoms with Gasteiger partial charge in [-0.2, -0.15) is 0 Å². The summed E-state index contributed by atoms with van der Waals surface area (Å²) in [5.41, 5.74) is 8.68. The minimum absolute atomic E-state index is 0.0683. The van der Waals surface area contributed by atoms with Gasteiger partial charge in [-0.25, -0.2) is 0 Å². The molecule has 17 heavy (non-hydrogen) atoms. The molecule has 3 heteroatoms. The van der Waals surface area contributed by atoms with Crippen LogP contribution in [0.3, 0.4) is 0 Å². The number of nitrogen functional groups attached to an aromatic ring is 1. The Balaban J connectivity index is 2.52. The molecule has 1 heterocycles. The maximum atomic E-state index is 5.93. The van der Waals surface area contributed by atoms with E-state index in [-0.39, 0.29) is 5.54 Å². The largest absolute Gasteiger partial charge is 0.397 e. The number of nitrogens with zero attached hydrogens (tertiary/aromatic N) is 1. The quantitative estimate of drug-likeness (QED) is 0.793. The van der Waals surface area contributed by atoms with E-state index in [1.807, 2.05) is 24.3 Å². The molecule has 90 valence electrons. The number of pyridine rings is 1. The van der Waals surface area contributed by atoms with Gasteiger partial charge in [0, 0.05) is 22.8 Å². The fourth-order valence-electron chi connectivity index (χ4n) is 1.76. The number of rotatable bonds is 3. The summed E-state index contributed by atoms with van der Waals surface area (Å²) in [5, 5.41) is 4.62. The van der Waals surface area contributed by atoms with Crippen LogP contribution in [-0.4, -0.2) is 10.5 Å². The monoisotopic (exact) mass is 229 g/mol. The zero-order valence-electron chi connectivity index (χ0n) is 10.6. The Morgan fingerprint density at radius 1 is 1.29 bits per heavy atom. The molecule has 0 bridgehead atoms. The Kier molecular flexibility index (Phi) is 2.92. The summed E-state index contributed by atoms with van der Waals surface area (Å²) in [7, 11) is 0. The first-order valence-electron chi connectivity index (χ1n) is 5.95. The van der Waals surface area contributed by atoms with Crippen molar-refractivity contribution in [2.45, 2.75) is 32.7 Å². The van der Waals surface area contributed by atoms with Crippen LogP contribution < -0.4 is 11.1 Å². The number of aromatic nitrogens is 1. The van der Waals surface area contributed by atoms with Crippen molar-refractivity contribution in [2.75, 3.05) is 11.1 Å². The molecule has 0 spiro atoms. The van der Waals surface area contributed by atoms with Crippen molar-refractivity contribution in [3.63, 3.8) is 0 Å². The molecular formula is C14H19N3. The number of para-hydroxylation sites is 1.